The van der Waals surface area contributed by atoms with Crippen molar-refractivity contribution in [1.29, 1.82) is 0 Å². The lowest BCUT2D eigenvalue weighted by atomic mass is 9.84. The second kappa shape index (κ2) is 4.88. The van der Waals surface area contributed by atoms with Crippen molar-refractivity contribution in [2.45, 2.75) is 51.5 Å². The third-order valence-electron chi connectivity index (χ3n) is 2.53. The Morgan fingerprint density at radius 2 is 2.20 bits per heavy atom. The maximum Gasteiger partial charge on any atom is 0.0635 e. The number of hydrogen-bond acceptors (Lipinski definition) is 1. The highest BCUT2D eigenvalue weighted by Crippen LogP contribution is 2.34. The Labute approximate surface area is 105 Å². The average Bonchev–Trinajstić information content (AvgIpc) is 2.44. The molecule has 4 heteroatoms. The standard InChI is InChI=1S/C11H18BrClN2/c1-5-15-10(9(12)7-14-15)11(3,4)6-8(2)13/h7-8H,5-6H2,1-4H3. The second-order valence-corrected chi connectivity index (χ2v) is 6.13. The maximum absolute atomic E-state index is 6.08. The smallest absolute Gasteiger partial charge is 0.0635 e. The number of rotatable bonds is 4. The molecule has 0 amide bonds. The highest BCUT2D eigenvalue weighted by molar-refractivity contribution is 9.10. The summed E-state index contributed by atoms with van der Waals surface area (Å²) in [6.45, 7) is 9.44. The minimum atomic E-state index is 0.0481. The van der Waals surface area contributed by atoms with E-state index in [1.165, 1.54) is 5.69 Å². The quantitative estimate of drug-likeness (QED) is 0.768. The Hall–Kier alpha value is -0.0200. The van der Waals surface area contributed by atoms with Crippen LogP contribution in [0.2, 0.25) is 0 Å². The van der Waals surface area contributed by atoms with Crippen LogP contribution in [0.3, 0.4) is 0 Å². The van der Waals surface area contributed by atoms with E-state index in [1.807, 2.05) is 17.8 Å². The lowest BCUT2D eigenvalue weighted by molar-refractivity contribution is 0.425. The van der Waals surface area contributed by atoms with Crippen LogP contribution in [0, 0.1) is 0 Å². The molecule has 0 bridgehead atoms. The van der Waals surface area contributed by atoms with Gasteiger partial charge < -0.3 is 0 Å². The van der Waals surface area contributed by atoms with Crippen LogP contribution >= 0.6 is 27.5 Å². The van der Waals surface area contributed by atoms with Gasteiger partial charge in [-0.25, -0.2) is 0 Å². The predicted octanol–water partition coefficient (Wildman–Crippen LogP) is 3.96. The molecule has 0 aliphatic carbocycles. The molecule has 1 aromatic heterocycles. The molecule has 86 valence electrons. The van der Waals surface area contributed by atoms with E-state index in [4.69, 9.17) is 11.6 Å². The van der Waals surface area contributed by atoms with Crippen LogP contribution < -0.4 is 0 Å². The molecule has 0 fully saturated rings. The van der Waals surface area contributed by atoms with Crippen molar-refractivity contribution in [3.8, 4) is 0 Å². The van der Waals surface area contributed by atoms with Crippen LogP contribution in [0.4, 0.5) is 0 Å². The van der Waals surface area contributed by atoms with Gasteiger partial charge in [0.2, 0.25) is 0 Å². The highest BCUT2D eigenvalue weighted by atomic mass is 79.9. The first-order valence-electron chi connectivity index (χ1n) is 5.24. The van der Waals surface area contributed by atoms with Gasteiger partial charge in [0.15, 0.2) is 0 Å². The molecule has 1 unspecified atom stereocenters. The molecule has 0 N–H and O–H groups in total. The number of aryl methyl sites for hydroxylation is 1. The molecule has 0 spiro atoms. The molecule has 0 saturated heterocycles. The summed E-state index contributed by atoms with van der Waals surface area (Å²) in [5.74, 6) is 0. The molecule has 0 aliphatic rings. The molecule has 1 atom stereocenters. The molecule has 1 rings (SSSR count). The van der Waals surface area contributed by atoms with Crippen LogP contribution in [0.25, 0.3) is 0 Å². The van der Waals surface area contributed by atoms with Crippen molar-refractivity contribution in [3.05, 3.63) is 16.4 Å². The summed E-state index contributed by atoms with van der Waals surface area (Å²) in [6, 6.07) is 0. The van der Waals surface area contributed by atoms with Gasteiger partial charge in [-0.15, -0.1) is 11.6 Å². The fourth-order valence-corrected chi connectivity index (χ4v) is 3.29. The van der Waals surface area contributed by atoms with Crippen molar-refractivity contribution in [3.63, 3.8) is 0 Å². The van der Waals surface area contributed by atoms with Crippen LogP contribution in [0.1, 0.15) is 39.8 Å². The van der Waals surface area contributed by atoms with Gasteiger partial charge in [0.25, 0.3) is 0 Å². The summed E-state index contributed by atoms with van der Waals surface area (Å²) < 4.78 is 3.11. The molecule has 0 radical (unpaired) electrons. The van der Waals surface area contributed by atoms with Gasteiger partial charge in [0.05, 0.1) is 16.4 Å². The Morgan fingerprint density at radius 3 is 2.67 bits per heavy atom. The van der Waals surface area contributed by atoms with Crippen molar-refractivity contribution < 1.29 is 0 Å². The number of halogens is 2. The third-order valence-corrected chi connectivity index (χ3v) is 3.26. The van der Waals surface area contributed by atoms with Crippen LogP contribution in [-0.2, 0) is 12.0 Å². The summed E-state index contributed by atoms with van der Waals surface area (Å²) >= 11 is 9.64. The first kappa shape index (κ1) is 13.0. The number of aromatic nitrogens is 2. The van der Waals surface area contributed by atoms with E-state index in [0.29, 0.717) is 0 Å². The van der Waals surface area contributed by atoms with Crippen LogP contribution in [0.5, 0.6) is 0 Å². The zero-order chi connectivity index (χ0) is 11.6. The monoisotopic (exact) mass is 292 g/mol. The lowest BCUT2D eigenvalue weighted by Crippen LogP contribution is -2.25. The summed E-state index contributed by atoms with van der Waals surface area (Å²) in [4.78, 5) is 0. The zero-order valence-corrected chi connectivity index (χ0v) is 12.1. The van der Waals surface area contributed by atoms with Gasteiger partial charge in [-0.05, 0) is 36.2 Å². The topological polar surface area (TPSA) is 17.8 Å². The molecular weight excluding hydrogens is 275 g/mol. The fourth-order valence-electron chi connectivity index (χ4n) is 2.07. The van der Waals surface area contributed by atoms with Crippen molar-refractivity contribution in [1.82, 2.24) is 9.78 Å². The lowest BCUT2D eigenvalue weighted by Gasteiger charge is -2.27. The van der Waals surface area contributed by atoms with Crippen molar-refractivity contribution in [2.24, 2.45) is 0 Å². The normalized spacial score (nSPS) is 14.3. The van der Waals surface area contributed by atoms with Gasteiger partial charge in [0.1, 0.15) is 0 Å². The van der Waals surface area contributed by atoms with E-state index >= 15 is 0 Å². The molecule has 1 aromatic rings. The van der Waals surface area contributed by atoms with E-state index in [0.717, 1.165) is 17.4 Å². The molecule has 0 aromatic carbocycles. The van der Waals surface area contributed by atoms with E-state index in [2.05, 4.69) is 41.8 Å². The fraction of sp³-hybridized carbons (Fsp3) is 0.727. The number of nitrogens with zero attached hydrogens (tertiary/aromatic N) is 2. The highest BCUT2D eigenvalue weighted by Gasteiger charge is 2.28. The zero-order valence-electron chi connectivity index (χ0n) is 9.72. The summed E-state index contributed by atoms with van der Waals surface area (Å²) in [7, 11) is 0. The van der Waals surface area contributed by atoms with Crippen molar-refractivity contribution >= 4 is 27.5 Å². The minimum Gasteiger partial charge on any atom is -0.268 e. The average molecular weight is 294 g/mol. The van der Waals surface area contributed by atoms with Gasteiger partial charge >= 0.3 is 0 Å². The second-order valence-electron chi connectivity index (χ2n) is 4.53. The number of alkyl halides is 1. The first-order chi connectivity index (χ1) is 6.88. The van der Waals surface area contributed by atoms with E-state index in [1.54, 1.807) is 0 Å². The minimum absolute atomic E-state index is 0.0481. The summed E-state index contributed by atoms with van der Waals surface area (Å²) in [5.41, 5.74) is 1.28. The van der Waals surface area contributed by atoms with Gasteiger partial charge in [-0.2, -0.15) is 5.10 Å². The molecule has 15 heavy (non-hydrogen) atoms. The Bertz CT molecular complexity index is 331. The predicted molar refractivity (Wildman–Crippen MR) is 68.6 cm³/mol. The molecule has 1 heterocycles. The third kappa shape index (κ3) is 2.97. The maximum atomic E-state index is 6.08. The van der Waals surface area contributed by atoms with Crippen LogP contribution in [0.15, 0.2) is 10.7 Å². The molecular formula is C11H18BrClN2. The van der Waals surface area contributed by atoms with E-state index in [-0.39, 0.29) is 10.8 Å². The Kier molecular flexibility index (Phi) is 4.24. The van der Waals surface area contributed by atoms with Gasteiger partial charge in [-0.1, -0.05) is 13.8 Å². The van der Waals surface area contributed by atoms with E-state index in [9.17, 15) is 0 Å². The molecule has 0 saturated carbocycles. The van der Waals surface area contributed by atoms with Crippen LogP contribution in [-0.4, -0.2) is 15.2 Å². The molecule has 2 nitrogen and oxygen atoms in total. The van der Waals surface area contributed by atoms with Gasteiger partial charge in [-0.3, -0.25) is 4.68 Å². The Balaban J connectivity index is 3.07. The van der Waals surface area contributed by atoms with E-state index < -0.39 is 0 Å². The Morgan fingerprint density at radius 1 is 1.60 bits per heavy atom. The number of hydrogen-bond donors (Lipinski definition) is 0. The first-order valence-corrected chi connectivity index (χ1v) is 6.47. The van der Waals surface area contributed by atoms with Gasteiger partial charge in [0, 0.05) is 17.3 Å². The summed E-state index contributed by atoms with van der Waals surface area (Å²) in [6.07, 6.45) is 2.80. The largest absolute Gasteiger partial charge is 0.268 e. The van der Waals surface area contributed by atoms with Crippen molar-refractivity contribution in [2.75, 3.05) is 0 Å². The SMILES string of the molecule is CCn1ncc(Br)c1C(C)(C)CC(C)Cl. The summed E-state index contributed by atoms with van der Waals surface area (Å²) in [5, 5.41) is 4.51. The molecule has 0 aliphatic heterocycles.